The predicted octanol–water partition coefficient (Wildman–Crippen LogP) is 1.46. The molecule has 0 radical (unpaired) electrons. The van der Waals surface area contributed by atoms with Gasteiger partial charge in [0.2, 0.25) is 5.91 Å². The van der Waals surface area contributed by atoms with Crippen LogP contribution in [0.15, 0.2) is 0 Å². The molecule has 0 aromatic heterocycles. The normalized spacial score (nSPS) is 12.9. The molecule has 3 nitrogen and oxygen atoms in total. The molecule has 1 unspecified atom stereocenters. The third-order valence-corrected chi connectivity index (χ3v) is 2.25. The molecule has 0 aliphatic carbocycles. The zero-order chi connectivity index (χ0) is 11.0. The summed E-state index contributed by atoms with van der Waals surface area (Å²) in [6.07, 6.45) is 2.25. The van der Waals surface area contributed by atoms with E-state index in [1.165, 1.54) is 0 Å². The van der Waals surface area contributed by atoms with Gasteiger partial charge in [-0.05, 0) is 26.9 Å². The van der Waals surface area contributed by atoms with Gasteiger partial charge < -0.3 is 10.2 Å². The van der Waals surface area contributed by atoms with Crippen LogP contribution in [0, 0.1) is 0 Å². The Balaban J connectivity index is 3.74. The lowest BCUT2D eigenvalue weighted by molar-refractivity contribution is -0.121. The van der Waals surface area contributed by atoms with E-state index in [1.54, 1.807) is 0 Å². The van der Waals surface area contributed by atoms with Gasteiger partial charge in [0.1, 0.15) is 0 Å². The summed E-state index contributed by atoms with van der Waals surface area (Å²) in [4.78, 5) is 13.4. The summed E-state index contributed by atoms with van der Waals surface area (Å²) in [6.45, 7) is 2.97. The first-order valence-corrected chi connectivity index (χ1v) is 5.63. The Bertz CT molecular complexity index is 162. The minimum atomic E-state index is 0.111. The van der Waals surface area contributed by atoms with Crippen LogP contribution in [-0.2, 0) is 4.79 Å². The SMILES string of the molecule is CCC(CN(C)C)NC(=O)CCCCl. The summed E-state index contributed by atoms with van der Waals surface area (Å²) in [6, 6.07) is 0.257. The van der Waals surface area contributed by atoms with Gasteiger partial charge in [-0.2, -0.15) is 0 Å². The highest BCUT2D eigenvalue weighted by molar-refractivity contribution is 6.17. The maximum absolute atomic E-state index is 11.4. The molecule has 1 N–H and O–H groups in total. The molecule has 0 aromatic rings. The van der Waals surface area contributed by atoms with Crippen molar-refractivity contribution in [3.05, 3.63) is 0 Å². The Morgan fingerprint density at radius 3 is 2.57 bits per heavy atom. The van der Waals surface area contributed by atoms with Crippen molar-refractivity contribution in [1.29, 1.82) is 0 Å². The van der Waals surface area contributed by atoms with Crippen LogP contribution in [0.2, 0.25) is 0 Å². The lowest BCUT2D eigenvalue weighted by Crippen LogP contribution is -2.41. The highest BCUT2D eigenvalue weighted by atomic mass is 35.5. The van der Waals surface area contributed by atoms with Gasteiger partial charge in [0.25, 0.3) is 0 Å². The van der Waals surface area contributed by atoms with Crippen molar-refractivity contribution >= 4 is 17.5 Å². The molecule has 0 spiro atoms. The van der Waals surface area contributed by atoms with Gasteiger partial charge in [-0.3, -0.25) is 4.79 Å². The molecule has 0 fully saturated rings. The number of alkyl halides is 1. The predicted molar refractivity (Wildman–Crippen MR) is 60.7 cm³/mol. The van der Waals surface area contributed by atoms with Crippen LogP contribution in [0.1, 0.15) is 26.2 Å². The van der Waals surface area contributed by atoms with Gasteiger partial charge in [-0.25, -0.2) is 0 Å². The monoisotopic (exact) mass is 220 g/mol. The molecule has 4 heteroatoms. The number of halogens is 1. The molecule has 14 heavy (non-hydrogen) atoms. The Morgan fingerprint density at radius 1 is 1.50 bits per heavy atom. The maximum atomic E-state index is 11.4. The molecular formula is C10H21ClN2O. The highest BCUT2D eigenvalue weighted by Gasteiger charge is 2.10. The van der Waals surface area contributed by atoms with Crippen LogP contribution in [0.25, 0.3) is 0 Å². The van der Waals surface area contributed by atoms with E-state index >= 15 is 0 Å². The minimum absolute atomic E-state index is 0.111. The van der Waals surface area contributed by atoms with E-state index in [2.05, 4.69) is 17.1 Å². The number of carbonyl (C=O) groups excluding carboxylic acids is 1. The molecule has 0 saturated carbocycles. The van der Waals surface area contributed by atoms with Crippen LogP contribution >= 0.6 is 11.6 Å². The van der Waals surface area contributed by atoms with Crippen molar-refractivity contribution in [2.75, 3.05) is 26.5 Å². The fourth-order valence-corrected chi connectivity index (χ4v) is 1.38. The van der Waals surface area contributed by atoms with Crippen molar-refractivity contribution in [3.8, 4) is 0 Å². The van der Waals surface area contributed by atoms with Gasteiger partial charge in [-0.1, -0.05) is 6.92 Å². The average molecular weight is 221 g/mol. The number of amides is 1. The maximum Gasteiger partial charge on any atom is 0.220 e. The van der Waals surface area contributed by atoms with Gasteiger partial charge in [0, 0.05) is 24.9 Å². The number of hydrogen-bond donors (Lipinski definition) is 1. The second-order valence-electron chi connectivity index (χ2n) is 3.73. The fraction of sp³-hybridized carbons (Fsp3) is 0.900. The molecule has 0 aliphatic rings. The van der Waals surface area contributed by atoms with Crippen LogP contribution in [0.4, 0.5) is 0 Å². The van der Waals surface area contributed by atoms with Crippen LogP contribution < -0.4 is 5.32 Å². The molecule has 0 bridgehead atoms. The number of nitrogens with one attached hydrogen (secondary N) is 1. The topological polar surface area (TPSA) is 32.3 Å². The third-order valence-electron chi connectivity index (χ3n) is 1.98. The van der Waals surface area contributed by atoms with Crippen LogP contribution in [-0.4, -0.2) is 43.4 Å². The van der Waals surface area contributed by atoms with Gasteiger partial charge in [0.05, 0.1) is 0 Å². The van der Waals surface area contributed by atoms with E-state index in [4.69, 9.17) is 11.6 Å². The standard InChI is InChI=1S/C10H21ClN2O/c1-4-9(8-13(2)3)12-10(14)6-5-7-11/h9H,4-8H2,1-3H3,(H,12,14). The lowest BCUT2D eigenvalue weighted by Gasteiger charge is -2.20. The second-order valence-corrected chi connectivity index (χ2v) is 4.11. The summed E-state index contributed by atoms with van der Waals surface area (Å²) < 4.78 is 0. The molecule has 0 rings (SSSR count). The molecule has 0 aliphatic heterocycles. The van der Waals surface area contributed by atoms with Crippen molar-refractivity contribution in [2.24, 2.45) is 0 Å². The zero-order valence-corrected chi connectivity index (χ0v) is 10.1. The Labute approximate surface area is 91.8 Å². The van der Waals surface area contributed by atoms with E-state index in [9.17, 15) is 4.79 Å². The van der Waals surface area contributed by atoms with Crippen molar-refractivity contribution in [1.82, 2.24) is 10.2 Å². The molecule has 1 atom stereocenters. The number of nitrogens with zero attached hydrogens (tertiary/aromatic N) is 1. The molecular weight excluding hydrogens is 200 g/mol. The average Bonchev–Trinajstić information content (AvgIpc) is 2.12. The van der Waals surface area contributed by atoms with E-state index in [-0.39, 0.29) is 11.9 Å². The second kappa shape index (κ2) is 8.06. The van der Waals surface area contributed by atoms with E-state index in [0.29, 0.717) is 12.3 Å². The van der Waals surface area contributed by atoms with Gasteiger partial charge in [0.15, 0.2) is 0 Å². The quantitative estimate of drug-likeness (QED) is 0.659. The van der Waals surface area contributed by atoms with Crippen LogP contribution in [0.5, 0.6) is 0 Å². The number of hydrogen-bond acceptors (Lipinski definition) is 2. The van der Waals surface area contributed by atoms with Gasteiger partial charge >= 0.3 is 0 Å². The fourth-order valence-electron chi connectivity index (χ4n) is 1.24. The number of rotatable bonds is 7. The first-order valence-electron chi connectivity index (χ1n) is 5.10. The highest BCUT2D eigenvalue weighted by Crippen LogP contribution is 1.96. The van der Waals surface area contributed by atoms with Crippen molar-refractivity contribution in [2.45, 2.75) is 32.2 Å². The lowest BCUT2D eigenvalue weighted by atomic mass is 10.2. The summed E-state index contributed by atoms with van der Waals surface area (Å²) >= 11 is 5.51. The summed E-state index contributed by atoms with van der Waals surface area (Å²) in [5, 5.41) is 2.99. The zero-order valence-electron chi connectivity index (χ0n) is 9.35. The smallest absolute Gasteiger partial charge is 0.220 e. The minimum Gasteiger partial charge on any atom is -0.352 e. The van der Waals surface area contributed by atoms with Crippen molar-refractivity contribution < 1.29 is 4.79 Å². The largest absolute Gasteiger partial charge is 0.352 e. The number of carbonyl (C=O) groups is 1. The first kappa shape index (κ1) is 13.7. The Kier molecular flexibility index (Phi) is 7.90. The Hall–Kier alpha value is -0.280. The number of likely N-dealkylation sites (N-methyl/N-ethyl adjacent to an activating group) is 1. The molecule has 0 aromatic carbocycles. The van der Waals surface area contributed by atoms with E-state index in [0.717, 1.165) is 19.4 Å². The summed E-state index contributed by atoms with van der Waals surface area (Å²) in [5.41, 5.74) is 0. The molecule has 0 saturated heterocycles. The van der Waals surface area contributed by atoms with Gasteiger partial charge in [-0.15, -0.1) is 11.6 Å². The Morgan fingerprint density at radius 2 is 2.14 bits per heavy atom. The summed E-state index contributed by atoms with van der Waals surface area (Å²) in [5.74, 6) is 0.664. The van der Waals surface area contributed by atoms with E-state index in [1.807, 2.05) is 14.1 Å². The molecule has 84 valence electrons. The third kappa shape index (κ3) is 7.15. The van der Waals surface area contributed by atoms with Crippen molar-refractivity contribution in [3.63, 3.8) is 0 Å². The first-order chi connectivity index (χ1) is 6.60. The molecule has 0 heterocycles. The summed E-state index contributed by atoms with van der Waals surface area (Å²) in [7, 11) is 4.02. The van der Waals surface area contributed by atoms with E-state index < -0.39 is 0 Å². The van der Waals surface area contributed by atoms with Crippen LogP contribution in [0.3, 0.4) is 0 Å². The molecule has 1 amide bonds.